The number of carbonyl (C=O) groups excluding carboxylic acids is 4. The molecule has 2 aliphatic heterocycles. The summed E-state index contributed by atoms with van der Waals surface area (Å²) in [5, 5.41) is 3.20. The van der Waals surface area contributed by atoms with Crippen molar-refractivity contribution in [2.45, 2.75) is 38.8 Å². The molecule has 0 unspecified atom stereocenters. The van der Waals surface area contributed by atoms with Crippen LogP contribution in [0.4, 0.5) is 4.79 Å². The monoisotopic (exact) mass is 345 g/mol. The first kappa shape index (κ1) is 16.9. The van der Waals surface area contributed by atoms with Gasteiger partial charge in [0.15, 0.2) is 0 Å². The van der Waals surface area contributed by atoms with E-state index in [0.717, 1.165) is 0 Å². The van der Waals surface area contributed by atoms with Gasteiger partial charge in [0.1, 0.15) is 6.04 Å². The van der Waals surface area contributed by atoms with Crippen LogP contribution in [0.2, 0.25) is 0 Å². The van der Waals surface area contributed by atoms with E-state index >= 15 is 0 Å². The molecule has 1 N–H and O–H groups in total. The number of imide groups is 1. The van der Waals surface area contributed by atoms with Crippen LogP contribution in [0.1, 0.15) is 47.4 Å². The number of fused-ring (bicyclic) bond motifs is 1. The highest BCUT2D eigenvalue weighted by molar-refractivity contribution is 6.20. The standard InChI is InChI=1S/C17H19N3O5/c1-10(2)18-17(24)19-9-5-8-13(19)16(23)25-20-14(21)11-6-3-4-7-12(11)15(20)22/h3-4,6-7,10,13H,5,8-9H2,1-2H3,(H,18,24)/t13-/m0/s1. The predicted molar refractivity (Wildman–Crippen MR) is 86.4 cm³/mol. The number of likely N-dealkylation sites (tertiary alicyclic amines) is 1. The molecule has 0 radical (unpaired) electrons. The summed E-state index contributed by atoms with van der Waals surface area (Å²) < 4.78 is 0. The molecule has 1 atom stereocenters. The van der Waals surface area contributed by atoms with Crippen LogP contribution in [0.5, 0.6) is 0 Å². The maximum absolute atomic E-state index is 12.5. The zero-order valence-corrected chi connectivity index (χ0v) is 14.0. The Kier molecular flexibility index (Phi) is 4.43. The second-order valence-electron chi connectivity index (χ2n) is 6.32. The van der Waals surface area contributed by atoms with Crippen LogP contribution in [-0.4, -0.2) is 52.4 Å². The van der Waals surface area contributed by atoms with E-state index in [9.17, 15) is 19.2 Å². The van der Waals surface area contributed by atoms with Gasteiger partial charge in [0, 0.05) is 12.6 Å². The summed E-state index contributed by atoms with van der Waals surface area (Å²) in [6, 6.07) is 5.01. The molecule has 0 aromatic heterocycles. The van der Waals surface area contributed by atoms with Crippen molar-refractivity contribution in [2.24, 2.45) is 0 Å². The van der Waals surface area contributed by atoms with Gasteiger partial charge in [0.05, 0.1) is 11.1 Å². The molecule has 0 aliphatic carbocycles. The van der Waals surface area contributed by atoms with E-state index in [1.165, 1.54) is 17.0 Å². The summed E-state index contributed by atoms with van der Waals surface area (Å²) in [5.74, 6) is -2.14. The Balaban J connectivity index is 1.71. The van der Waals surface area contributed by atoms with E-state index in [-0.39, 0.29) is 23.2 Å². The first-order valence-corrected chi connectivity index (χ1v) is 8.17. The maximum atomic E-state index is 12.5. The Morgan fingerprint density at radius 2 is 1.76 bits per heavy atom. The highest BCUT2D eigenvalue weighted by Gasteiger charge is 2.42. The lowest BCUT2D eigenvalue weighted by Gasteiger charge is -2.25. The van der Waals surface area contributed by atoms with Crippen molar-refractivity contribution >= 4 is 23.8 Å². The Bertz CT molecular complexity index is 711. The van der Waals surface area contributed by atoms with Crippen molar-refractivity contribution in [1.29, 1.82) is 0 Å². The lowest BCUT2D eigenvalue weighted by Crippen LogP contribution is -2.49. The van der Waals surface area contributed by atoms with Crippen molar-refractivity contribution < 1.29 is 24.0 Å². The highest BCUT2D eigenvalue weighted by atomic mass is 16.7. The molecule has 25 heavy (non-hydrogen) atoms. The summed E-state index contributed by atoms with van der Waals surface area (Å²) >= 11 is 0. The van der Waals surface area contributed by atoms with Crippen molar-refractivity contribution in [3.63, 3.8) is 0 Å². The SMILES string of the molecule is CC(C)NC(=O)N1CCC[C@H]1C(=O)ON1C(=O)c2ccccc2C1=O. The molecule has 1 aromatic rings. The Labute approximate surface area is 144 Å². The van der Waals surface area contributed by atoms with Crippen LogP contribution in [-0.2, 0) is 9.63 Å². The van der Waals surface area contributed by atoms with Gasteiger partial charge in [-0.3, -0.25) is 9.59 Å². The minimum Gasteiger partial charge on any atom is -0.336 e. The van der Waals surface area contributed by atoms with Gasteiger partial charge in [-0.05, 0) is 38.8 Å². The second-order valence-corrected chi connectivity index (χ2v) is 6.32. The molecule has 3 rings (SSSR count). The van der Waals surface area contributed by atoms with Gasteiger partial charge in [-0.15, -0.1) is 0 Å². The molecule has 2 aliphatic rings. The van der Waals surface area contributed by atoms with Gasteiger partial charge in [-0.1, -0.05) is 17.2 Å². The molecule has 0 bridgehead atoms. The van der Waals surface area contributed by atoms with Crippen LogP contribution in [0.25, 0.3) is 0 Å². The van der Waals surface area contributed by atoms with Gasteiger partial charge >= 0.3 is 12.0 Å². The lowest BCUT2D eigenvalue weighted by atomic mass is 10.1. The number of hydrogen-bond acceptors (Lipinski definition) is 5. The molecule has 1 fully saturated rings. The smallest absolute Gasteiger partial charge is 0.336 e. The minimum atomic E-state index is -0.817. The van der Waals surface area contributed by atoms with Gasteiger partial charge in [0.25, 0.3) is 11.8 Å². The number of hydrogen-bond donors (Lipinski definition) is 1. The number of urea groups is 1. The van der Waals surface area contributed by atoms with Crippen LogP contribution in [0.15, 0.2) is 24.3 Å². The average Bonchev–Trinajstić information content (AvgIpc) is 3.15. The first-order chi connectivity index (χ1) is 11.9. The van der Waals surface area contributed by atoms with E-state index in [1.807, 2.05) is 13.8 Å². The molecule has 8 nitrogen and oxygen atoms in total. The molecule has 0 spiro atoms. The fourth-order valence-electron chi connectivity index (χ4n) is 2.99. The average molecular weight is 345 g/mol. The van der Waals surface area contributed by atoms with Crippen molar-refractivity contribution in [3.05, 3.63) is 35.4 Å². The lowest BCUT2D eigenvalue weighted by molar-refractivity contribution is -0.173. The third-order valence-electron chi connectivity index (χ3n) is 4.14. The summed E-state index contributed by atoms with van der Waals surface area (Å²) in [6.07, 6.45) is 1.07. The zero-order valence-electron chi connectivity index (χ0n) is 14.0. The van der Waals surface area contributed by atoms with E-state index in [2.05, 4.69) is 5.32 Å². The van der Waals surface area contributed by atoms with Gasteiger partial charge in [0.2, 0.25) is 0 Å². The van der Waals surface area contributed by atoms with Gasteiger partial charge in [-0.25, -0.2) is 9.59 Å². The number of benzene rings is 1. The molecule has 132 valence electrons. The molecule has 1 saturated heterocycles. The van der Waals surface area contributed by atoms with Crippen molar-refractivity contribution in [2.75, 3.05) is 6.54 Å². The molecule has 1 aromatic carbocycles. The summed E-state index contributed by atoms with van der Waals surface area (Å²) in [5.41, 5.74) is 0.391. The topological polar surface area (TPSA) is 96.0 Å². The summed E-state index contributed by atoms with van der Waals surface area (Å²) in [7, 11) is 0. The largest absolute Gasteiger partial charge is 0.355 e. The van der Waals surface area contributed by atoms with Crippen molar-refractivity contribution in [1.82, 2.24) is 15.3 Å². The molecule has 0 saturated carbocycles. The van der Waals surface area contributed by atoms with E-state index in [1.54, 1.807) is 12.1 Å². The fraction of sp³-hybridized carbons (Fsp3) is 0.412. The fourth-order valence-corrected chi connectivity index (χ4v) is 2.99. The Hall–Kier alpha value is -2.90. The minimum absolute atomic E-state index is 0.0685. The van der Waals surface area contributed by atoms with Crippen LogP contribution in [0, 0.1) is 0 Å². The molecular weight excluding hydrogens is 326 g/mol. The number of carbonyl (C=O) groups is 4. The molecular formula is C17H19N3O5. The Morgan fingerprint density at radius 3 is 2.32 bits per heavy atom. The summed E-state index contributed by atoms with van der Waals surface area (Å²) in [4.78, 5) is 55.6. The van der Waals surface area contributed by atoms with Crippen LogP contribution < -0.4 is 5.32 Å². The second kappa shape index (κ2) is 6.54. The molecule has 2 heterocycles. The van der Waals surface area contributed by atoms with Crippen LogP contribution in [0.3, 0.4) is 0 Å². The number of nitrogens with zero attached hydrogens (tertiary/aromatic N) is 2. The first-order valence-electron chi connectivity index (χ1n) is 8.17. The predicted octanol–water partition coefficient (Wildman–Crippen LogP) is 1.32. The summed E-state index contributed by atoms with van der Waals surface area (Å²) in [6.45, 7) is 4.06. The number of amides is 4. The molecule has 8 heteroatoms. The third-order valence-corrected chi connectivity index (χ3v) is 4.14. The Morgan fingerprint density at radius 1 is 1.16 bits per heavy atom. The number of hydroxylamine groups is 2. The maximum Gasteiger partial charge on any atom is 0.355 e. The zero-order chi connectivity index (χ0) is 18.1. The van der Waals surface area contributed by atoms with Crippen LogP contribution >= 0.6 is 0 Å². The number of rotatable bonds is 3. The molecule has 4 amide bonds. The normalized spacial score (nSPS) is 19.4. The highest BCUT2D eigenvalue weighted by Crippen LogP contribution is 2.25. The van der Waals surface area contributed by atoms with Gasteiger partial charge < -0.3 is 15.1 Å². The number of nitrogens with one attached hydrogen (secondary N) is 1. The van der Waals surface area contributed by atoms with E-state index in [4.69, 9.17) is 4.84 Å². The van der Waals surface area contributed by atoms with E-state index in [0.29, 0.717) is 24.4 Å². The quantitative estimate of drug-likeness (QED) is 0.834. The van der Waals surface area contributed by atoms with Crippen molar-refractivity contribution in [3.8, 4) is 0 Å². The third kappa shape index (κ3) is 3.07. The van der Waals surface area contributed by atoms with E-state index < -0.39 is 23.8 Å². The van der Waals surface area contributed by atoms with Gasteiger partial charge in [-0.2, -0.15) is 0 Å².